The molecule has 0 aliphatic heterocycles. The van der Waals surface area contributed by atoms with Crippen molar-refractivity contribution in [2.75, 3.05) is 6.61 Å². The van der Waals surface area contributed by atoms with Crippen LogP contribution in [0.15, 0.2) is 22.7 Å². The molecule has 0 fully saturated rings. The molecule has 2 rings (SSSR count). The summed E-state index contributed by atoms with van der Waals surface area (Å²) < 4.78 is 10.4. The van der Waals surface area contributed by atoms with Crippen LogP contribution in [-0.4, -0.2) is 16.7 Å². The molecule has 1 aromatic carbocycles. The van der Waals surface area contributed by atoms with Crippen molar-refractivity contribution in [3.8, 4) is 5.75 Å². The Morgan fingerprint density at radius 2 is 2.24 bits per heavy atom. The highest BCUT2D eigenvalue weighted by Gasteiger charge is 2.22. The highest BCUT2D eigenvalue weighted by molar-refractivity contribution is 6.30. The molecule has 21 heavy (non-hydrogen) atoms. The fraction of sp³-hybridized carbons (Fsp3) is 0.214. The summed E-state index contributed by atoms with van der Waals surface area (Å²) in [5.74, 6) is 0.719. The standard InChI is InChI=1S/C14H13ClN2O4/c1-3-20-12-7-5-11(15)8-10(12)4-6-13-14(17(18)19)9(2)16-21-13/h4-8H,3H2,1-2H3/b6-4+. The number of rotatable bonds is 5. The van der Waals surface area contributed by atoms with Crippen LogP contribution in [0, 0.1) is 17.0 Å². The van der Waals surface area contributed by atoms with Crippen LogP contribution in [0.2, 0.25) is 5.02 Å². The topological polar surface area (TPSA) is 78.4 Å². The van der Waals surface area contributed by atoms with E-state index in [1.54, 1.807) is 24.3 Å². The molecule has 1 aromatic heterocycles. The highest BCUT2D eigenvalue weighted by atomic mass is 35.5. The van der Waals surface area contributed by atoms with Gasteiger partial charge in [0.1, 0.15) is 5.75 Å². The molecule has 7 heteroatoms. The lowest BCUT2D eigenvalue weighted by Crippen LogP contribution is -1.93. The Kier molecular flexibility index (Phi) is 4.59. The molecule has 0 N–H and O–H groups in total. The van der Waals surface area contributed by atoms with Crippen molar-refractivity contribution < 1.29 is 14.2 Å². The number of benzene rings is 1. The third-order valence-corrected chi connectivity index (χ3v) is 2.96. The van der Waals surface area contributed by atoms with Gasteiger partial charge in [0.05, 0.1) is 11.5 Å². The molecule has 0 spiro atoms. The Labute approximate surface area is 126 Å². The van der Waals surface area contributed by atoms with Crippen LogP contribution in [0.25, 0.3) is 12.2 Å². The van der Waals surface area contributed by atoms with E-state index in [4.69, 9.17) is 20.9 Å². The molecule has 0 bridgehead atoms. The first-order valence-electron chi connectivity index (χ1n) is 6.24. The Hall–Kier alpha value is -2.34. The van der Waals surface area contributed by atoms with E-state index in [2.05, 4.69) is 5.16 Å². The summed E-state index contributed by atoms with van der Waals surface area (Å²) in [6, 6.07) is 5.16. The summed E-state index contributed by atoms with van der Waals surface area (Å²) >= 11 is 5.95. The van der Waals surface area contributed by atoms with Crippen molar-refractivity contribution in [1.29, 1.82) is 0 Å². The molecule has 0 saturated heterocycles. The first-order chi connectivity index (χ1) is 10.0. The summed E-state index contributed by atoms with van der Waals surface area (Å²) in [5.41, 5.74) is 0.787. The summed E-state index contributed by atoms with van der Waals surface area (Å²) in [7, 11) is 0. The van der Waals surface area contributed by atoms with Gasteiger partial charge in [0.15, 0.2) is 5.69 Å². The largest absolute Gasteiger partial charge is 0.493 e. The van der Waals surface area contributed by atoms with Gasteiger partial charge >= 0.3 is 5.69 Å². The monoisotopic (exact) mass is 308 g/mol. The second-order valence-electron chi connectivity index (χ2n) is 4.19. The van der Waals surface area contributed by atoms with E-state index in [0.29, 0.717) is 22.9 Å². The summed E-state index contributed by atoms with van der Waals surface area (Å²) in [4.78, 5) is 10.4. The maximum atomic E-state index is 11.0. The van der Waals surface area contributed by atoms with Crippen molar-refractivity contribution in [3.63, 3.8) is 0 Å². The summed E-state index contributed by atoms with van der Waals surface area (Å²) in [5, 5.41) is 15.1. The number of aromatic nitrogens is 1. The Morgan fingerprint density at radius 1 is 1.48 bits per heavy atom. The van der Waals surface area contributed by atoms with Crippen LogP contribution in [0.5, 0.6) is 5.75 Å². The number of nitro groups is 1. The minimum absolute atomic E-state index is 0.0833. The first kappa shape index (κ1) is 15.1. The number of hydrogen-bond acceptors (Lipinski definition) is 5. The fourth-order valence-electron chi connectivity index (χ4n) is 1.82. The molecule has 0 aliphatic carbocycles. The van der Waals surface area contributed by atoms with Crippen LogP contribution in [0.3, 0.4) is 0 Å². The van der Waals surface area contributed by atoms with Gasteiger partial charge in [-0.2, -0.15) is 0 Å². The number of nitrogens with zero attached hydrogens (tertiary/aromatic N) is 2. The Bertz CT molecular complexity index is 694. The van der Waals surface area contributed by atoms with E-state index in [-0.39, 0.29) is 17.1 Å². The first-order valence-corrected chi connectivity index (χ1v) is 6.61. The van der Waals surface area contributed by atoms with Crippen molar-refractivity contribution in [2.45, 2.75) is 13.8 Å². The van der Waals surface area contributed by atoms with Gasteiger partial charge in [-0.1, -0.05) is 16.8 Å². The summed E-state index contributed by atoms with van der Waals surface area (Å²) in [6.45, 7) is 3.89. The maximum absolute atomic E-state index is 11.0. The molecule has 0 unspecified atom stereocenters. The van der Waals surface area contributed by atoms with E-state index in [9.17, 15) is 10.1 Å². The van der Waals surface area contributed by atoms with E-state index < -0.39 is 4.92 Å². The number of ether oxygens (including phenoxy) is 1. The van der Waals surface area contributed by atoms with Gasteiger partial charge in [0, 0.05) is 10.6 Å². The Balaban J connectivity index is 2.38. The molecular weight excluding hydrogens is 296 g/mol. The zero-order valence-corrected chi connectivity index (χ0v) is 12.3. The zero-order valence-electron chi connectivity index (χ0n) is 11.5. The molecule has 0 radical (unpaired) electrons. The number of hydrogen-bond donors (Lipinski definition) is 0. The molecule has 110 valence electrons. The number of aryl methyl sites for hydroxylation is 1. The predicted octanol–water partition coefficient (Wildman–Crippen LogP) is 4.11. The highest BCUT2D eigenvalue weighted by Crippen LogP contribution is 2.28. The maximum Gasteiger partial charge on any atom is 0.338 e. The molecule has 0 saturated carbocycles. The molecule has 0 amide bonds. The quantitative estimate of drug-likeness (QED) is 0.613. The van der Waals surface area contributed by atoms with Gasteiger partial charge in [0.2, 0.25) is 5.76 Å². The third-order valence-electron chi connectivity index (χ3n) is 2.73. The van der Waals surface area contributed by atoms with Gasteiger partial charge < -0.3 is 9.26 Å². The lowest BCUT2D eigenvalue weighted by atomic mass is 10.1. The van der Waals surface area contributed by atoms with Gasteiger partial charge in [-0.05, 0) is 44.2 Å². The SMILES string of the molecule is CCOc1ccc(Cl)cc1/C=C/c1onc(C)c1[N+](=O)[O-]. The second-order valence-corrected chi connectivity index (χ2v) is 4.62. The average molecular weight is 309 g/mol. The molecule has 6 nitrogen and oxygen atoms in total. The zero-order chi connectivity index (χ0) is 15.4. The molecular formula is C14H13ClN2O4. The van der Waals surface area contributed by atoms with E-state index in [1.807, 2.05) is 6.92 Å². The number of halogens is 1. The van der Waals surface area contributed by atoms with E-state index in [0.717, 1.165) is 0 Å². The van der Waals surface area contributed by atoms with Crippen LogP contribution in [0.1, 0.15) is 23.9 Å². The average Bonchev–Trinajstić information content (AvgIpc) is 2.80. The van der Waals surface area contributed by atoms with Crippen LogP contribution in [-0.2, 0) is 0 Å². The van der Waals surface area contributed by atoms with Gasteiger partial charge in [-0.25, -0.2) is 0 Å². The molecule has 2 aromatic rings. The van der Waals surface area contributed by atoms with Crippen molar-refractivity contribution in [1.82, 2.24) is 5.16 Å². The van der Waals surface area contributed by atoms with Crippen LogP contribution >= 0.6 is 11.6 Å². The van der Waals surface area contributed by atoms with E-state index in [1.165, 1.54) is 13.0 Å². The summed E-state index contributed by atoms with van der Waals surface area (Å²) in [6.07, 6.45) is 3.12. The van der Waals surface area contributed by atoms with Crippen molar-refractivity contribution in [2.24, 2.45) is 0 Å². The van der Waals surface area contributed by atoms with Crippen LogP contribution < -0.4 is 4.74 Å². The van der Waals surface area contributed by atoms with E-state index >= 15 is 0 Å². The Morgan fingerprint density at radius 3 is 2.90 bits per heavy atom. The third kappa shape index (κ3) is 3.41. The minimum atomic E-state index is -0.521. The lowest BCUT2D eigenvalue weighted by Gasteiger charge is -2.06. The predicted molar refractivity (Wildman–Crippen MR) is 79.4 cm³/mol. The molecule has 0 atom stereocenters. The van der Waals surface area contributed by atoms with Gasteiger partial charge in [-0.3, -0.25) is 10.1 Å². The molecule has 1 heterocycles. The minimum Gasteiger partial charge on any atom is -0.493 e. The fourth-order valence-corrected chi connectivity index (χ4v) is 2.00. The van der Waals surface area contributed by atoms with Crippen molar-refractivity contribution >= 4 is 29.4 Å². The van der Waals surface area contributed by atoms with Gasteiger partial charge in [0.25, 0.3) is 0 Å². The smallest absolute Gasteiger partial charge is 0.338 e. The second kappa shape index (κ2) is 6.41. The van der Waals surface area contributed by atoms with Gasteiger partial charge in [-0.15, -0.1) is 0 Å². The lowest BCUT2D eigenvalue weighted by molar-refractivity contribution is -0.386. The normalized spacial score (nSPS) is 11.0. The molecule has 0 aliphatic rings. The van der Waals surface area contributed by atoms with Crippen LogP contribution in [0.4, 0.5) is 5.69 Å². The van der Waals surface area contributed by atoms with Crippen molar-refractivity contribution in [3.05, 3.63) is 50.4 Å².